The maximum Gasteiger partial charge on any atom is 0.341 e. The van der Waals surface area contributed by atoms with E-state index in [9.17, 15) is 9.18 Å². The molecular weight excluding hydrogens is 289 g/mol. The van der Waals surface area contributed by atoms with Gasteiger partial charge in [0.2, 0.25) is 0 Å². The summed E-state index contributed by atoms with van der Waals surface area (Å²) in [6.07, 6.45) is 0. The number of hydrogen-bond acceptors (Lipinski definition) is 4. The third-order valence-electron chi connectivity index (χ3n) is 3.00. The largest absolute Gasteiger partial charge is 0.462 e. The zero-order valence-corrected chi connectivity index (χ0v) is 13.1. The summed E-state index contributed by atoms with van der Waals surface area (Å²) in [5.74, 6) is -0.488. The lowest BCUT2D eigenvalue weighted by Crippen LogP contribution is -2.11. The number of nitrogens with two attached hydrogens (primary N) is 1. The van der Waals surface area contributed by atoms with Crippen LogP contribution in [0.25, 0.3) is 11.1 Å². The number of benzene rings is 1. The Bertz CT molecular complexity index is 647. The first-order valence-corrected chi connectivity index (χ1v) is 7.53. The molecule has 0 saturated heterocycles. The highest BCUT2D eigenvalue weighted by Crippen LogP contribution is 2.38. The van der Waals surface area contributed by atoms with Gasteiger partial charge in [-0.3, -0.25) is 0 Å². The van der Waals surface area contributed by atoms with E-state index in [4.69, 9.17) is 10.5 Å². The van der Waals surface area contributed by atoms with E-state index in [1.807, 2.05) is 20.8 Å². The third-order valence-corrected chi connectivity index (χ3v) is 3.93. The van der Waals surface area contributed by atoms with Crippen LogP contribution in [-0.4, -0.2) is 12.6 Å². The van der Waals surface area contributed by atoms with Crippen molar-refractivity contribution >= 4 is 22.3 Å². The molecule has 1 aromatic heterocycles. The minimum Gasteiger partial charge on any atom is -0.462 e. The monoisotopic (exact) mass is 307 g/mol. The third kappa shape index (κ3) is 3.42. The van der Waals surface area contributed by atoms with Gasteiger partial charge in [-0.25, -0.2) is 9.18 Å². The molecule has 2 rings (SSSR count). The maximum atomic E-state index is 13.1. The van der Waals surface area contributed by atoms with Gasteiger partial charge in [-0.2, -0.15) is 0 Å². The number of carbonyl (C=O) groups excluding carboxylic acids is 1. The van der Waals surface area contributed by atoms with Crippen LogP contribution >= 0.6 is 11.3 Å². The van der Waals surface area contributed by atoms with Crippen molar-refractivity contribution in [1.82, 2.24) is 0 Å². The second-order valence-corrected chi connectivity index (χ2v) is 6.53. The van der Waals surface area contributed by atoms with Gasteiger partial charge in [-0.15, -0.1) is 11.3 Å². The minimum atomic E-state index is -0.426. The molecule has 112 valence electrons. The number of nitrogen functional groups attached to an aromatic ring is 1. The standard InChI is InChI=1S/C16H18FNO2S/c1-9(2)8-20-16(19)14-13(10(3)21-15(14)18)11-4-6-12(17)7-5-11/h4-7,9H,8,18H2,1-3H3. The summed E-state index contributed by atoms with van der Waals surface area (Å²) in [6.45, 7) is 6.17. The normalized spacial score (nSPS) is 10.9. The lowest BCUT2D eigenvalue weighted by Gasteiger charge is -2.09. The summed E-state index contributed by atoms with van der Waals surface area (Å²) < 4.78 is 18.3. The van der Waals surface area contributed by atoms with Crippen molar-refractivity contribution in [2.45, 2.75) is 20.8 Å². The van der Waals surface area contributed by atoms with E-state index < -0.39 is 5.97 Å². The van der Waals surface area contributed by atoms with Crippen molar-refractivity contribution in [1.29, 1.82) is 0 Å². The van der Waals surface area contributed by atoms with Crippen LogP contribution in [-0.2, 0) is 4.74 Å². The number of carbonyl (C=O) groups is 1. The van der Waals surface area contributed by atoms with Crippen LogP contribution < -0.4 is 5.73 Å². The topological polar surface area (TPSA) is 52.3 Å². The fourth-order valence-corrected chi connectivity index (χ4v) is 2.99. The molecule has 0 fully saturated rings. The molecule has 5 heteroatoms. The molecule has 21 heavy (non-hydrogen) atoms. The van der Waals surface area contributed by atoms with E-state index in [0.717, 1.165) is 16.0 Å². The quantitative estimate of drug-likeness (QED) is 0.859. The summed E-state index contributed by atoms with van der Waals surface area (Å²) in [5.41, 5.74) is 7.83. The van der Waals surface area contributed by atoms with E-state index in [1.165, 1.54) is 23.5 Å². The molecule has 0 aliphatic heterocycles. The van der Waals surface area contributed by atoms with Crippen molar-refractivity contribution in [2.24, 2.45) is 5.92 Å². The van der Waals surface area contributed by atoms with E-state index >= 15 is 0 Å². The molecule has 2 N–H and O–H groups in total. The Labute approximate surface area is 127 Å². The first-order chi connectivity index (χ1) is 9.90. The number of hydrogen-bond donors (Lipinski definition) is 1. The predicted octanol–water partition coefficient (Wildman–Crippen LogP) is 4.26. The van der Waals surface area contributed by atoms with Gasteiger partial charge in [0.1, 0.15) is 16.4 Å². The smallest absolute Gasteiger partial charge is 0.341 e. The van der Waals surface area contributed by atoms with E-state index in [1.54, 1.807) is 12.1 Å². The van der Waals surface area contributed by atoms with Gasteiger partial charge in [0.25, 0.3) is 0 Å². The van der Waals surface area contributed by atoms with Crippen molar-refractivity contribution in [3.8, 4) is 11.1 Å². The van der Waals surface area contributed by atoms with E-state index in [2.05, 4.69) is 0 Å². The van der Waals surface area contributed by atoms with E-state index in [0.29, 0.717) is 17.2 Å². The number of aryl methyl sites for hydroxylation is 1. The van der Waals surface area contributed by atoms with Gasteiger partial charge in [0.15, 0.2) is 0 Å². The molecular formula is C16H18FNO2S. The first kappa shape index (κ1) is 15.5. The van der Waals surface area contributed by atoms with Crippen LogP contribution in [0.2, 0.25) is 0 Å². The molecule has 0 radical (unpaired) electrons. The number of rotatable bonds is 4. The highest BCUT2D eigenvalue weighted by Gasteiger charge is 2.23. The molecule has 0 atom stereocenters. The molecule has 1 aromatic carbocycles. The van der Waals surface area contributed by atoms with Gasteiger partial charge in [-0.05, 0) is 30.5 Å². The zero-order valence-electron chi connectivity index (χ0n) is 12.3. The maximum absolute atomic E-state index is 13.1. The fraction of sp³-hybridized carbons (Fsp3) is 0.312. The van der Waals surface area contributed by atoms with Crippen molar-refractivity contribution in [3.63, 3.8) is 0 Å². The molecule has 1 heterocycles. The molecule has 0 bridgehead atoms. The molecule has 3 nitrogen and oxygen atoms in total. The van der Waals surface area contributed by atoms with E-state index in [-0.39, 0.29) is 11.7 Å². The number of esters is 1. The number of thiophene rings is 1. The molecule has 0 aliphatic carbocycles. The lowest BCUT2D eigenvalue weighted by atomic mass is 10.0. The van der Waals surface area contributed by atoms with Crippen molar-refractivity contribution < 1.29 is 13.9 Å². The van der Waals surface area contributed by atoms with Crippen LogP contribution in [0, 0.1) is 18.7 Å². The first-order valence-electron chi connectivity index (χ1n) is 6.72. The number of anilines is 1. The van der Waals surface area contributed by atoms with Crippen LogP contribution in [0.15, 0.2) is 24.3 Å². The highest BCUT2D eigenvalue weighted by atomic mass is 32.1. The van der Waals surface area contributed by atoms with Gasteiger partial charge in [-0.1, -0.05) is 26.0 Å². The van der Waals surface area contributed by atoms with Gasteiger partial charge < -0.3 is 10.5 Å². The predicted molar refractivity (Wildman–Crippen MR) is 84.0 cm³/mol. The van der Waals surface area contributed by atoms with Gasteiger partial charge >= 0.3 is 5.97 Å². The fourth-order valence-electron chi connectivity index (χ4n) is 2.05. The Morgan fingerprint density at radius 1 is 1.33 bits per heavy atom. The summed E-state index contributed by atoms with van der Waals surface area (Å²) in [6, 6.07) is 6.02. The lowest BCUT2D eigenvalue weighted by molar-refractivity contribution is 0.0461. The van der Waals surface area contributed by atoms with Crippen molar-refractivity contribution in [2.75, 3.05) is 12.3 Å². The Morgan fingerprint density at radius 2 is 1.95 bits per heavy atom. The number of halogens is 1. The second kappa shape index (κ2) is 6.26. The molecule has 0 aliphatic rings. The molecule has 0 amide bonds. The molecule has 0 spiro atoms. The Kier molecular flexibility index (Phi) is 4.63. The molecule has 0 saturated carbocycles. The van der Waals surface area contributed by atoms with Crippen LogP contribution in [0.4, 0.5) is 9.39 Å². The Hall–Kier alpha value is -1.88. The average Bonchev–Trinajstić information content (AvgIpc) is 2.72. The van der Waals surface area contributed by atoms with Crippen LogP contribution in [0.3, 0.4) is 0 Å². The Balaban J connectivity index is 2.42. The summed E-state index contributed by atoms with van der Waals surface area (Å²) in [4.78, 5) is 13.2. The number of ether oxygens (including phenoxy) is 1. The van der Waals surface area contributed by atoms with Crippen molar-refractivity contribution in [3.05, 3.63) is 40.5 Å². The molecule has 0 unspecified atom stereocenters. The van der Waals surface area contributed by atoms with Gasteiger partial charge in [0.05, 0.1) is 6.61 Å². The highest BCUT2D eigenvalue weighted by molar-refractivity contribution is 7.16. The minimum absolute atomic E-state index is 0.254. The zero-order chi connectivity index (χ0) is 15.6. The summed E-state index contributed by atoms with van der Waals surface area (Å²) >= 11 is 1.34. The summed E-state index contributed by atoms with van der Waals surface area (Å²) in [5, 5.41) is 0.431. The van der Waals surface area contributed by atoms with Crippen LogP contribution in [0.5, 0.6) is 0 Å². The van der Waals surface area contributed by atoms with Crippen LogP contribution in [0.1, 0.15) is 29.1 Å². The van der Waals surface area contributed by atoms with Gasteiger partial charge in [0, 0.05) is 10.4 Å². The second-order valence-electron chi connectivity index (χ2n) is 5.27. The average molecular weight is 307 g/mol. The molecule has 2 aromatic rings. The summed E-state index contributed by atoms with van der Waals surface area (Å²) in [7, 11) is 0. The SMILES string of the molecule is Cc1sc(N)c(C(=O)OCC(C)C)c1-c1ccc(F)cc1. The Morgan fingerprint density at radius 3 is 2.52 bits per heavy atom.